The molecule has 0 unspecified atom stereocenters. The summed E-state index contributed by atoms with van der Waals surface area (Å²) in [5.41, 5.74) is 0.917. The normalized spacial score (nSPS) is 14.3. The van der Waals surface area contributed by atoms with Crippen molar-refractivity contribution in [2.45, 2.75) is 37.8 Å². The molecule has 12 heteroatoms. The molecule has 1 saturated heterocycles. The van der Waals surface area contributed by atoms with Crippen molar-refractivity contribution in [1.29, 1.82) is 0 Å². The molecule has 199 valence electrons. The minimum Gasteiger partial charge on any atom is -0.469 e. The van der Waals surface area contributed by atoms with Crippen LogP contribution in [0.25, 0.3) is 0 Å². The van der Waals surface area contributed by atoms with Crippen LogP contribution < -0.4 is 0 Å². The van der Waals surface area contributed by atoms with E-state index in [2.05, 4.69) is 36.5 Å². The van der Waals surface area contributed by atoms with E-state index in [4.69, 9.17) is 0 Å². The molecule has 3 heterocycles. The Morgan fingerprint density at radius 1 is 1.13 bits per heavy atom. The number of piperidine rings is 1. The smallest absolute Gasteiger partial charge is 0.420 e. The van der Waals surface area contributed by atoms with Gasteiger partial charge in [0.05, 0.1) is 19.7 Å². The number of rotatable bonds is 7. The van der Waals surface area contributed by atoms with Gasteiger partial charge in [0, 0.05) is 24.4 Å². The van der Waals surface area contributed by atoms with E-state index in [0.717, 1.165) is 43.9 Å². The molecule has 0 N–H and O–H groups in total. The fourth-order valence-corrected chi connectivity index (χ4v) is 4.31. The maximum atomic E-state index is 13.7. The number of aromatic nitrogens is 4. The van der Waals surface area contributed by atoms with Crippen molar-refractivity contribution in [3.63, 3.8) is 0 Å². The molecule has 1 aliphatic rings. The van der Waals surface area contributed by atoms with Crippen molar-refractivity contribution < 1.29 is 27.5 Å². The van der Waals surface area contributed by atoms with Gasteiger partial charge >= 0.3 is 12.1 Å². The molecule has 0 spiro atoms. The highest BCUT2D eigenvalue weighted by atomic mass is 19.4. The summed E-state index contributed by atoms with van der Waals surface area (Å²) < 4.78 is 45.6. The number of methoxy groups -OCH3 is 1. The van der Waals surface area contributed by atoms with Gasteiger partial charge < -0.3 is 14.3 Å². The number of esters is 1. The molecule has 1 aromatic carbocycles. The summed E-state index contributed by atoms with van der Waals surface area (Å²) in [7, 11) is 2.79. The fraction of sp³-hybridized carbons (Fsp3) is 0.333. The Morgan fingerprint density at radius 3 is 2.51 bits per heavy atom. The van der Waals surface area contributed by atoms with Crippen LogP contribution in [0.3, 0.4) is 0 Å². The van der Waals surface area contributed by atoms with E-state index in [1.54, 1.807) is 7.41 Å². The van der Waals surface area contributed by atoms with Crippen molar-refractivity contribution in [2.75, 3.05) is 20.2 Å². The van der Waals surface area contributed by atoms with E-state index < -0.39 is 23.4 Å². The summed E-state index contributed by atoms with van der Waals surface area (Å²) in [6, 6.07) is 7.88. The predicted octanol–water partition coefficient (Wildman–Crippen LogP) is 2.98. The highest BCUT2D eigenvalue weighted by Gasteiger charge is 2.34. The van der Waals surface area contributed by atoms with Gasteiger partial charge in [0.15, 0.2) is 0 Å². The molecular formula is C27H24BF3N5O3. The van der Waals surface area contributed by atoms with Crippen LogP contribution in [0.4, 0.5) is 13.2 Å². The molecule has 4 rings (SSSR count). The molecule has 3 aromatic rings. The number of hydrogen-bond acceptors (Lipinski definition) is 8. The minimum atomic E-state index is -4.70. The predicted molar refractivity (Wildman–Crippen MR) is 136 cm³/mol. The summed E-state index contributed by atoms with van der Waals surface area (Å²) in [6.45, 7) is 1.63. The molecule has 0 atom stereocenters. The van der Waals surface area contributed by atoms with Crippen LogP contribution in [0, 0.1) is 11.8 Å². The van der Waals surface area contributed by atoms with Crippen LogP contribution in [-0.2, 0) is 33.3 Å². The van der Waals surface area contributed by atoms with Crippen molar-refractivity contribution in [3.8, 4) is 11.8 Å². The van der Waals surface area contributed by atoms with Crippen molar-refractivity contribution in [1.82, 2.24) is 24.7 Å². The van der Waals surface area contributed by atoms with Gasteiger partial charge in [-0.15, -0.1) is 0 Å². The Hall–Kier alpha value is -4.11. The number of ether oxygens (including phenoxy) is 1. The lowest BCUT2D eigenvalue weighted by Gasteiger charge is -2.30. The van der Waals surface area contributed by atoms with E-state index >= 15 is 0 Å². The third-order valence-electron chi connectivity index (χ3n) is 6.41. The SMILES string of the molecule is COC(=O)Cc1cncnc1C#Cc1nc(Cc2ccc(C3CCN([B]C=O)CC3)cc2)ncc1C(F)(F)F. The molecule has 0 saturated carbocycles. The molecule has 0 aliphatic carbocycles. The van der Waals surface area contributed by atoms with E-state index in [-0.39, 0.29) is 24.4 Å². The zero-order chi connectivity index (χ0) is 27.8. The number of benzene rings is 1. The molecule has 0 amide bonds. The average Bonchev–Trinajstić information content (AvgIpc) is 2.93. The second kappa shape index (κ2) is 12.6. The second-order valence-electron chi connectivity index (χ2n) is 8.96. The molecule has 2 aromatic heterocycles. The standard InChI is InChI=1S/C27H24BF3N5O3/c1-39-26(38)13-21-14-32-17-34-23(21)6-7-24-22(27(29,30)31)15-33-25(35-24)12-18-2-4-19(5-3-18)20-8-10-36(11-9-20)28-16-37/h2-5,14-17,20H,8-13H2,1H3. The summed E-state index contributed by atoms with van der Waals surface area (Å²) in [5.74, 6) is 5.08. The van der Waals surface area contributed by atoms with Crippen LogP contribution >= 0.6 is 0 Å². The van der Waals surface area contributed by atoms with Crippen molar-refractivity contribution in [3.05, 3.63) is 82.5 Å². The van der Waals surface area contributed by atoms with Gasteiger partial charge in [0.25, 0.3) is 7.41 Å². The number of hydrogen-bond donors (Lipinski definition) is 0. The lowest BCUT2D eigenvalue weighted by atomic mass is 9.84. The maximum Gasteiger partial charge on any atom is 0.420 e. The van der Waals surface area contributed by atoms with Gasteiger partial charge in [-0.3, -0.25) is 4.79 Å². The monoisotopic (exact) mass is 534 g/mol. The van der Waals surface area contributed by atoms with Crippen LogP contribution in [-0.4, -0.2) is 64.5 Å². The first-order valence-corrected chi connectivity index (χ1v) is 12.2. The maximum absolute atomic E-state index is 13.7. The lowest BCUT2D eigenvalue weighted by molar-refractivity contribution is -0.140. The molecule has 1 aliphatic heterocycles. The fourth-order valence-electron chi connectivity index (χ4n) is 4.31. The molecular weight excluding hydrogens is 510 g/mol. The second-order valence-corrected chi connectivity index (χ2v) is 8.96. The van der Waals surface area contributed by atoms with Crippen LogP contribution in [0.15, 0.2) is 43.0 Å². The molecule has 39 heavy (non-hydrogen) atoms. The molecule has 1 fully saturated rings. The van der Waals surface area contributed by atoms with Crippen LogP contribution in [0.5, 0.6) is 0 Å². The van der Waals surface area contributed by atoms with Gasteiger partial charge in [0.2, 0.25) is 0 Å². The number of alkyl halides is 3. The Morgan fingerprint density at radius 2 is 1.85 bits per heavy atom. The largest absolute Gasteiger partial charge is 0.469 e. The van der Waals surface area contributed by atoms with Crippen molar-refractivity contribution in [2.24, 2.45) is 0 Å². The topological polar surface area (TPSA) is 98.2 Å². The third kappa shape index (κ3) is 7.48. The number of carbonyl (C=O) groups excluding carboxylic acids is 2. The first-order valence-electron chi connectivity index (χ1n) is 12.2. The van der Waals surface area contributed by atoms with Crippen molar-refractivity contribution >= 4 is 19.6 Å². The zero-order valence-electron chi connectivity index (χ0n) is 21.1. The highest BCUT2D eigenvalue weighted by Crippen LogP contribution is 2.31. The summed E-state index contributed by atoms with van der Waals surface area (Å²) in [4.78, 5) is 40.2. The first kappa shape index (κ1) is 27.9. The summed E-state index contributed by atoms with van der Waals surface area (Å²) >= 11 is 0. The molecule has 1 radical (unpaired) electrons. The third-order valence-corrected chi connectivity index (χ3v) is 6.41. The van der Waals surface area contributed by atoms with E-state index in [1.165, 1.54) is 25.2 Å². The molecule has 0 bridgehead atoms. The van der Waals surface area contributed by atoms with E-state index in [1.807, 2.05) is 29.1 Å². The zero-order valence-corrected chi connectivity index (χ0v) is 21.1. The number of carbonyl (C=O) groups is 2. The van der Waals surface area contributed by atoms with Gasteiger partial charge in [-0.25, -0.2) is 19.9 Å². The quantitative estimate of drug-likeness (QED) is 0.198. The Kier molecular flexibility index (Phi) is 9.04. The van der Waals surface area contributed by atoms with Gasteiger partial charge in [-0.2, -0.15) is 13.2 Å². The van der Waals surface area contributed by atoms with Gasteiger partial charge in [-0.1, -0.05) is 24.3 Å². The van der Waals surface area contributed by atoms with Crippen LogP contribution in [0.2, 0.25) is 0 Å². The molecule has 8 nitrogen and oxygen atoms in total. The van der Waals surface area contributed by atoms with Crippen LogP contribution in [0.1, 0.15) is 58.2 Å². The Bertz CT molecular complexity index is 1380. The van der Waals surface area contributed by atoms with Gasteiger partial charge in [-0.05, 0) is 54.8 Å². The Labute approximate surface area is 224 Å². The number of halogens is 3. The minimum absolute atomic E-state index is 0.106. The first-order chi connectivity index (χ1) is 18.8. The van der Waals surface area contributed by atoms with E-state index in [0.29, 0.717) is 11.5 Å². The number of nitrogens with zero attached hydrogens (tertiary/aromatic N) is 5. The lowest BCUT2D eigenvalue weighted by Crippen LogP contribution is -2.36. The highest BCUT2D eigenvalue weighted by molar-refractivity contribution is 6.64. The Balaban J connectivity index is 1.53. The summed E-state index contributed by atoms with van der Waals surface area (Å²) in [5, 5.41) is 0. The van der Waals surface area contributed by atoms with Gasteiger partial charge in [0.1, 0.15) is 29.1 Å². The van der Waals surface area contributed by atoms with E-state index in [9.17, 15) is 22.8 Å². The summed E-state index contributed by atoms with van der Waals surface area (Å²) in [6.07, 6.45) is 1.30. The average molecular weight is 534 g/mol.